The number of alkyl carbamates (subject to hydrolysis) is 1. The van der Waals surface area contributed by atoms with E-state index in [0.29, 0.717) is 5.56 Å². The standard InChI is InChI=1S/C28H34ClF3N2O7/c1-26(2,3)40-24(37)21(17-13-18(29)15-19(14-17)39-28(30,31)32)34-23(36)22(35)20(12-16-10-8-7-9-11-16)33-25(38)41-27(4,5)6/h7-11,13-15,20-22,35H,12H2,1-6H3,(H,33,38)(H,34,36)/t20-,21+,22+/m1/s1. The molecule has 0 radical (unpaired) electrons. The molecule has 0 aliphatic rings. The van der Waals surface area contributed by atoms with Crippen LogP contribution in [0, 0.1) is 0 Å². The summed E-state index contributed by atoms with van der Waals surface area (Å²) in [6.07, 6.45) is -7.90. The van der Waals surface area contributed by atoms with Crippen LogP contribution in [0.4, 0.5) is 18.0 Å². The lowest BCUT2D eigenvalue weighted by Crippen LogP contribution is -2.53. The predicted octanol–water partition coefficient (Wildman–Crippen LogP) is 5.23. The molecule has 2 aromatic rings. The Labute approximate surface area is 241 Å². The zero-order chi connectivity index (χ0) is 31.2. The van der Waals surface area contributed by atoms with Crippen molar-refractivity contribution >= 4 is 29.6 Å². The highest BCUT2D eigenvalue weighted by atomic mass is 35.5. The van der Waals surface area contributed by atoms with Gasteiger partial charge in [0.2, 0.25) is 0 Å². The lowest BCUT2D eigenvalue weighted by molar-refractivity contribution is -0.274. The first-order chi connectivity index (χ1) is 18.7. The van der Waals surface area contributed by atoms with Gasteiger partial charge in [-0.25, -0.2) is 9.59 Å². The van der Waals surface area contributed by atoms with Crippen LogP contribution >= 0.6 is 11.6 Å². The Bertz CT molecular complexity index is 1210. The molecule has 13 heteroatoms. The predicted molar refractivity (Wildman–Crippen MR) is 144 cm³/mol. The summed E-state index contributed by atoms with van der Waals surface area (Å²) in [6, 6.07) is 8.60. The minimum atomic E-state index is -5.05. The van der Waals surface area contributed by atoms with Gasteiger partial charge < -0.3 is 30.0 Å². The molecule has 0 heterocycles. The molecule has 0 bridgehead atoms. The molecule has 9 nitrogen and oxygen atoms in total. The van der Waals surface area contributed by atoms with Gasteiger partial charge in [-0.3, -0.25) is 4.79 Å². The molecule has 41 heavy (non-hydrogen) atoms. The van der Waals surface area contributed by atoms with Crippen LogP contribution in [0.5, 0.6) is 5.75 Å². The number of aliphatic hydroxyl groups is 1. The van der Waals surface area contributed by atoms with Crippen molar-refractivity contribution in [2.24, 2.45) is 0 Å². The van der Waals surface area contributed by atoms with E-state index in [4.69, 9.17) is 21.1 Å². The van der Waals surface area contributed by atoms with Gasteiger partial charge in [-0.2, -0.15) is 0 Å². The van der Waals surface area contributed by atoms with E-state index < -0.39 is 59.5 Å². The molecular formula is C28H34ClF3N2O7. The summed E-state index contributed by atoms with van der Waals surface area (Å²) in [4.78, 5) is 38.9. The maximum Gasteiger partial charge on any atom is 0.573 e. The molecule has 0 aliphatic carbocycles. The monoisotopic (exact) mass is 602 g/mol. The number of rotatable bonds is 9. The molecule has 3 N–H and O–H groups in total. The van der Waals surface area contributed by atoms with Crippen LogP contribution in [0.1, 0.15) is 58.7 Å². The molecule has 0 aliphatic heterocycles. The third-order valence-electron chi connectivity index (χ3n) is 5.04. The number of amides is 2. The van der Waals surface area contributed by atoms with Crippen molar-refractivity contribution in [1.29, 1.82) is 0 Å². The van der Waals surface area contributed by atoms with Gasteiger partial charge in [-0.05, 0) is 77.3 Å². The maximum atomic E-state index is 13.3. The summed E-state index contributed by atoms with van der Waals surface area (Å²) in [5.41, 5.74) is -1.46. The van der Waals surface area contributed by atoms with Crippen molar-refractivity contribution in [2.45, 2.75) is 83.7 Å². The van der Waals surface area contributed by atoms with E-state index >= 15 is 0 Å². The van der Waals surface area contributed by atoms with E-state index in [1.807, 2.05) is 0 Å². The van der Waals surface area contributed by atoms with Crippen molar-refractivity contribution in [3.05, 3.63) is 64.7 Å². The number of carbonyl (C=O) groups is 3. The summed E-state index contributed by atoms with van der Waals surface area (Å²) in [5.74, 6) is -2.91. The lowest BCUT2D eigenvalue weighted by atomic mass is 9.99. The van der Waals surface area contributed by atoms with Crippen molar-refractivity contribution in [1.82, 2.24) is 10.6 Å². The van der Waals surface area contributed by atoms with Crippen LogP contribution in [-0.4, -0.2) is 52.8 Å². The number of benzene rings is 2. The van der Waals surface area contributed by atoms with E-state index in [0.717, 1.165) is 18.2 Å². The minimum Gasteiger partial charge on any atom is -0.458 e. The summed E-state index contributed by atoms with van der Waals surface area (Å²) < 4.78 is 53.2. The Morgan fingerprint density at radius 2 is 1.49 bits per heavy atom. The zero-order valence-electron chi connectivity index (χ0n) is 23.5. The highest BCUT2D eigenvalue weighted by molar-refractivity contribution is 6.30. The highest BCUT2D eigenvalue weighted by Gasteiger charge is 2.36. The first-order valence-electron chi connectivity index (χ1n) is 12.5. The van der Waals surface area contributed by atoms with E-state index in [1.54, 1.807) is 71.9 Å². The van der Waals surface area contributed by atoms with Gasteiger partial charge in [-0.1, -0.05) is 41.9 Å². The van der Waals surface area contributed by atoms with Gasteiger partial charge in [0.05, 0.1) is 6.04 Å². The topological polar surface area (TPSA) is 123 Å². The Morgan fingerprint density at radius 1 is 0.902 bits per heavy atom. The van der Waals surface area contributed by atoms with Crippen LogP contribution in [-0.2, 0) is 25.5 Å². The fourth-order valence-corrected chi connectivity index (χ4v) is 3.80. The minimum absolute atomic E-state index is 0.00743. The molecule has 0 saturated carbocycles. The molecule has 2 aromatic carbocycles. The largest absolute Gasteiger partial charge is 0.573 e. The number of nitrogens with one attached hydrogen (secondary N) is 2. The molecule has 3 atom stereocenters. The molecular weight excluding hydrogens is 569 g/mol. The first-order valence-corrected chi connectivity index (χ1v) is 12.9. The van der Waals surface area contributed by atoms with Crippen LogP contribution in [0.25, 0.3) is 0 Å². The average molecular weight is 603 g/mol. The Morgan fingerprint density at radius 3 is 2.02 bits per heavy atom. The normalized spacial score (nSPS) is 14.3. The summed E-state index contributed by atoms with van der Waals surface area (Å²) in [5, 5.41) is 15.6. The number of hydrogen-bond acceptors (Lipinski definition) is 7. The summed E-state index contributed by atoms with van der Waals surface area (Å²) in [7, 11) is 0. The zero-order valence-corrected chi connectivity index (χ0v) is 24.2. The summed E-state index contributed by atoms with van der Waals surface area (Å²) in [6.45, 7) is 9.56. The Balaban J connectivity index is 2.42. The first kappa shape index (κ1) is 33.7. The number of esters is 1. The second kappa shape index (κ2) is 13.4. The SMILES string of the molecule is CC(C)(C)OC(=O)N[C@H](Cc1ccccc1)[C@H](O)C(=O)N[C@H](C(=O)OC(C)(C)C)c1cc(Cl)cc(OC(F)(F)F)c1. The molecule has 2 amide bonds. The number of halogens is 4. The molecule has 0 saturated heterocycles. The van der Waals surface area contributed by atoms with Crippen LogP contribution < -0.4 is 15.4 Å². The molecule has 0 spiro atoms. The van der Waals surface area contributed by atoms with Gasteiger partial charge in [0.1, 0.15) is 17.0 Å². The Kier molecular flexibility index (Phi) is 11.0. The third kappa shape index (κ3) is 12.3. The van der Waals surface area contributed by atoms with Crippen LogP contribution in [0.3, 0.4) is 0 Å². The second-order valence-electron chi connectivity index (χ2n) is 11.1. The highest BCUT2D eigenvalue weighted by Crippen LogP contribution is 2.30. The van der Waals surface area contributed by atoms with Gasteiger partial charge in [0, 0.05) is 5.02 Å². The number of ether oxygens (including phenoxy) is 3. The van der Waals surface area contributed by atoms with Crippen molar-refractivity contribution in [3.8, 4) is 5.75 Å². The lowest BCUT2D eigenvalue weighted by Gasteiger charge is -2.29. The second-order valence-corrected chi connectivity index (χ2v) is 11.6. The van der Waals surface area contributed by atoms with E-state index in [2.05, 4.69) is 15.4 Å². The number of aliphatic hydroxyl groups excluding tert-OH is 1. The van der Waals surface area contributed by atoms with E-state index in [-0.39, 0.29) is 17.0 Å². The van der Waals surface area contributed by atoms with E-state index in [1.165, 1.54) is 0 Å². The maximum absolute atomic E-state index is 13.3. The molecule has 0 fully saturated rings. The van der Waals surface area contributed by atoms with Gasteiger partial charge in [0.25, 0.3) is 5.91 Å². The molecule has 0 unspecified atom stereocenters. The summed E-state index contributed by atoms with van der Waals surface area (Å²) >= 11 is 5.99. The van der Waals surface area contributed by atoms with Crippen molar-refractivity contribution < 1.29 is 46.9 Å². The Hall–Kier alpha value is -3.51. The molecule has 0 aromatic heterocycles. The van der Waals surface area contributed by atoms with Gasteiger partial charge >= 0.3 is 18.4 Å². The van der Waals surface area contributed by atoms with Gasteiger partial charge in [0.15, 0.2) is 12.1 Å². The molecule has 226 valence electrons. The third-order valence-corrected chi connectivity index (χ3v) is 5.26. The van der Waals surface area contributed by atoms with Gasteiger partial charge in [-0.15, -0.1) is 13.2 Å². The van der Waals surface area contributed by atoms with E-state index in [9.17, 15) is 32.7 Å². The number of carbonyl (C=O) groups excluding carboxylic acids is 3. The fourth-order valence-electron chi connectivity index (χ4n) is 3.56. The van der Waals surface area contributed by atoms with Crippen molar-refractivity contribution in [3.63, 3.8) is 0 Å². The smallest absolute Gasteiger partial charge is 0.458 e. The quantitative estimate of drug-likeness (QED) is 0.336. The average Bonchev–Trinajstić information content (AvgIpc) is 2.78. The van der Waals surface area contributed by atoms with Crippen LogP contribution in [0.2, 0.25) is 5.02 Å². The van der Waals surface area contributed by atoms with Crippen molar-refractivity contribution in [2.75, 3.05) is 0 Å². The number of alkyl halides is 3. The number of hydrogen-bond donors (Lipinski definition) is 3. The molecule has 2 rings (SSSR count). The fraction of sp³-hybridized carbons (Fsp3) is 0.464. The van der Waals surface area contributed by atoms with Crippen LogP contribution in [0.15, 0.2) is 48.5 Å².